The molecule has 0 amide bonds. The van der Waals surface area contributed by atoms with Crippen LogP contribution in [0.5, 0.6) is 11.5 Å². The topological polar surface area (TPSA) is 53.4 Å². The molecule has 0 N–H and O–H groups in total. The number of methoxy groups -OCH3 is 2. The third kappa shape index (κ3) is 3.50. The van der Waals surface area contributed by atoms with Gasteiger partial charge in [0.05, 0.1) is 37.7 Å². The van der Waals surface area contributed by atoms with E-state index in [9.17, 15) is 4.79 Å². The van der Waals surface area contributed by atoms with Crippen LogP contribution in [0.15, 0.2) is 45.7 Å². The number of nitrogens with zero attached hydrogens (tertiary/aromatic N) is 2. The SMILES string of the molecule is COc1ccc(Cn2nc(CCl)c3cc(Br)cc(OC)c3c2=O)cc1. The zero-order valence-electron chi connectivity index (χ0n) is 13.8. The van der Waals surface area contributed by atoms with E-state index < -0.39 is 0 Å². The summed E-state index contributed by atoms with van der Waals surface area (Å²) in [5, 5.41) is 5.61. The van der Waals surface area contributed by atoms with Crippen molar-refractivity contribution >= 4 is 38.3 Å². The lowest BCUT2D eigenvalue weighted by atomic mass is 10.1. The molecule has 0 unspecified atom stereocenters. The standard InChI is InChI=1S/C18H16BrClN2O3/c1-24-13-5-3-11(4-6-13)10-22-18(23)17-14(15(9-20)21-22)7-12(19)8-16(17)25-2/h3-8H,9-10H2,1-2H3. The Kier molecular flexibility index (Phi) is 5.30. The maximum atomic E-state index is 13.0. The summed E-state index contributed by atoms with van der Waals surface area (Å²) in [5.74, 6) is 1.45. The number of alkyl halides is 1. The van der Waals surface area contributed by atoms with Gasteiger partial charge in [0.25, 0.3) is 5.56 Å². The van der Waals surface area contributed by atoms with Gasteiger partial charge >= 0.3 is 0 Å². The minimum absolute atomic E-state index is 0.193. The van der Waals surface area contributed by atoms with E-state index in [2.05, 4.69) is 21.0 Å². The third-order valence-corrected chi connectivity index (χ3v) is 4.62. The van der Waals surface area contributed by atoms with Crippen molar-refractivity contribution < 1.29 is 9.47 Å². The third-order valence-electron chi connectivity index (χ3n) is 3.91. The number of fused-ring (bicyclic) bond motifs is 1. The Morgan fingerprint density at radius 1 is 1.16 bits per heavy atom. The molecule has 5 nitrogen and oxygen atoms in total. The fourth-order valence-corrected chi connectivity index (χ4v) is 3.31. The van der Waals surface area contributed by atoms with Crippen molar-refractivity contribution in [1.82, 2.24) is 9.78 Å². The highest BCUT2D eigenvalue weighted by molar-refractivity contribution is 9.10. The molecule has 0 fully saturated rings. The van der Waals surface area contributed by atoms with Crippen molar-refractivity contribution in [3.8, 4) is 11.5 Å². The minimum atomic E-state index is -0.218. The lowest BCUT2D eigenvalue weighted by molar-refractivity contribution is 0.414. The number of benzene rings is 2. The Morgan fingerprint density at radius 2 is 1.88 bits per heavy atom. The van der Waals surface area contributed by atoms with Crippen molar-refractivity contribution in [2.45, 2.75) is 12.4 Å². The van der Waals surface area contributed by atoms with E-state index in [0.29, 0.717) is 28.8 Å². The maximum absolute atomic E-state index is 13.0. The van der Waals surface area contributed by atoms with Crippen LogP contribution in [0, 0.1) is 0 Å². The largest absolute Gasteiger partial charge is 0.497 e. The molecule has 0 aliphatic carbocycles. The Balaban J connectivity index is 2.16. The van der Waals surface area contributed by atoms with Gasteiger partial charge in [0.2, 0.25) is 0 Å². The molecule has 2 aromatic carbocycles. The summed E-state index contributed by atoms with van der Waals surface area (Å²) < 4.78 is 12.8. The van der Waals surface area contributed by atoms with Crippen LogP contribution in [0.1, 0.15) is 11.3 Å². The summed E-state index contributed by atoms with van der Waals surface area (Å²) in [5.41, 5.74) is 1.35. The van der Waals surface area contributed by atoms with Gasteiger partial charge in [-0.25, -0.2) is 4.68 Å². The summed E-state index contributed by atoms with van der Waals surface area (Å²) >= 11 is 9.50. The van der Waals surface area contributed by atoms with Gasteiger partial charge in [0.15, 0.2) is 0 Å². The number of hydrogen-bond donors (Lipinski definition) is 0. The smallest absolute Gasteiger partial charge is 0.278 e. The lowest BCUT2D eigenvalue weighted by Gasteiger charge is -2.13. The summed E-state index contributed by atoms with van der Waals surface area (Å²) in [6.45, 7) is 0.335. The number of rotatable bonds is 5. The fourth-order valence-electron chi connectivity index (χ4n) is 2.67. The number of aromatic nitrogens is 2. The molecule has 1 aromatic heterocycles. The highest BCUT2D eigenvalue weighted by atomic mass is 79.9. The number of ether oxygens (including phenoxy) is 2. The predicted octanol–water partition coefficient (Wildman–Crippen LogP) is 3.96. The summed E-state index contributed by atoms with van der Waals surface area (Å²) in [6, 6.07) is 11.1. The monoisotopic (exact) mass is 422 g/mol. The molecule has 0 spiro atoms. The molecule has 130 valence electrons. The molecule has 0 atom stereocenters. The zero-order chi connectivity index (χ0) is 18.0. The van der Waals surface area contributed by atoms with E-state index in [1.165, 1.54) is 11.8 Å². The van der Waals surface area contributed by atoms with E-state index >= 15 is 0 Å². The minimum Gasteiger partial charge on any atom is -0.497 e. The Hall–Kier alpha value is -2.05. The molecule has 25 heavy (non-hydrogen) atoms. The molecule has 3 rings (SSSR count). The number of halogens is 2. The van der Waals surface area contributed by atoms with Crippen molar-refractivity contribution in [3.05, 3.63) is 62.5 Å². The molecular weight excluding hydrogens is 408 g/mol. The lowest BCUT2D eigenvalue weighted by Crippen LogP contribution is -2.25. The molecule has 3 aromatic rings. The first-order chi connectivity index (χ1) is 12.1. The Bertz CT molecular complexity index is 971. The van der Waals surface area contributed by atoms with Crippen molar-refractivity contribution in [3.63, 3.8) is 0 Å². The Morgan fingerprint density at radius 3 is 2.48 bits per heavy atom. The highest BCUT2D eigenvalue weighted by Gasteiger charge is 2.15. The molecule has 0 aliphatic heterocycles. The van der Waals surface area contributed by atoms with E-state index in [-0.39, 0.29) is 11.4 Å². The average molecular weight is 424 g/mol. The maximum Gasteiger partial charge on any atom is 0.278 e. The molecule has 1 heterocycles. The van der Waals surface area contributed by atoms with Gasteiger partial charge in [0.1, 0.15) is 11.5 Å². The van der Waals surface area contributed by atoms with Crippen LogP contribution in [0.3, 0.4) is 0 Å². The second-order valence-electron chi connectivity index (χ2n) is 5.42. The van der Waals surface area contributed by atoms with E-state index in [1.807, 2.05) is 30.3 Å². The fraction of sp³-hybridized carbons (Fsp3) is 0.222. The van der Waals surface area contributed by atoms with E-state index in [4.69, 9.17) is 21.1 Å². The first-order valence-electron chi connectivity index (χ1n) is 7.53. The second-order valence-corrected chi connectivity index (χ2v) is 6.60. The first kappa shape index (κ1) is 17.8. The summed E-state index contributed by atoms with van der Waals surface area (Å²) in [4.78, 5) is 13.0. The van der Waals surface area contributed by atoms with Crippen LogP contribution in [-0.2, 0) is 12.4 Å². The van der Waals surface area contributed by atoms with E-state index in [0.717, 1.165) is 15.8 Å². The van der Waals surface area contributed by atoms with Crippen molar-refractivity contribution in [2.24, 2.45) is 0 Å². The molecule has 0 saturated heterocycles. The first-order valence-corrected chi connectivity index (χ1v) is 8.86. The molecule has 0 bridgehead atoms. The van der Waals surface area contributed by atoms with Crippen LogP contribution in [0.4, 0.5) is 0 Å². The summed E-state index contributed by atoms with van der Waals surface area (Å²) in [7, 11) is 3.15. The van der Waals surface area contributed by atoms with E-state index in [1.54, 1.807) is 13.2 Å². The Labute approximate surface area is 158 Å². The van der Waals surface area contributed by atoms with Crippen molar-refractivity contribution in [1.29, 1.82) is 0 Å². The molecule has 7 heteroatoms. The van der Waals surface area contributed by atoms with Crippen LogP contribution in [0.25, 0.3) is 10.8 Å². The van der Waals surface area contributed by atoms with Gasteiger partial charge in [-0.05, 0) is 29.8 Å². The van der Waals surface area contributed by atoms with Crippen LogP contribution in [0.2, 0.25) is 0 Å². The highest BCUT2D eigenvalue weighted by Crippen LogP contribution is 2.29. The average Bonchev–Trinajstić information content (AvgIpc) is 2.63. The summed E-state index contributed by atoms with van der Waals surface area (Å²) in [6.07, 6.45) is 0. The quantitative estimate of drug-likeness (QED) is 0.583. The van der Waals surface area contributed by atoms with Gasteiger partial charge < -0.3 is 9.47 Å². The van der Waals surface area contributed by atoms with Crippen LogP contribution in [-0.4, -0.2) is 24.0 Å². The van der Waals surface area contributed by atoms with Gasteiger partial charge in [-0.1, -0.05) is 28.1 Å². The van der Waals surface area contributed by atoms with Crippen LogP contribution >= 0.6 is 27.5 Å². The zero-order valence-corrected chi connectivity index (χ0v) is 16.1. The van der Waals surface area contributed by atoms with Gasteiger partial charge in [0, 0.05) is 9.86 Å². The van der Waals surface area contributed by atoms with Crippen molar-refractivity contribution in [2.75, 3.05) is 14.2 Å². The molecule has 0 saturated carbocycles. The normalized spacial score (nSPS) is 10.9. The molecular formula is C18H16BrClN2O3. The van der Waals surface area contributed by atoms with Gasteiger partial charge in [-0.15, -0.1) is 11.6 Å². The van der Waals surface area contributed by atoms with Gasteiger partial charge in [-0.2, -0.15) is 5.10 Å². The van der Waals surface area contributed by atoms with Gasteiger partial charge in [-0.3, -0.25) is 4.79 Å². The molecule has 0 aliphatic rings. The van der Waals surface area contributed by atoms with Crippen LogP contribution < -0.4 is 15.0 Å². The second kappa shape index (κ2) is 7.45. The molecule has 0 radical (unpaired) electrons. The number of hydrogen-bond acceptors (Lipinski definition) is 4. The predicted molar refractivity (Wildman–Crippen MR) is 102 cm³/mol.